The first-order valence-electron chi connectivity index (χ1n) is 4.02. The number of rotatable bonds is 1. The molecule has 1 aromatic rings. The summed E-state index contributed by atoms with van der Waals surface area (Å²) in [6.07, 6.45) is 0.684. The Labute approximate surface area is 92.0 Å². The van der Waals surface area contributed by atoms with Crippen molar-refractivity contribution in [1.82, 2.24) is 0 Å². The molecule has 0 spiro atoms. The second-order valence-electron chi connectivity index (χ2n) is 2.60. The summed E-state index contributed by atoms with van der Waals surface area (Å²) in [7, 11) is 1.24. The van der Waals surface area contributed by atoms with E-state index in [0.29, 0.717) is 22.4 Å². The molecule has 0 aliphatic heterocycles. The summed E-state index contributed by atoms with van der Waals surface area (Å²) in [5, 5.41) is 0.330. The zero-order valence-corrected chi connectivity index (χ0v) is 8.67. The number of halogens is 1. The van der Waals surface area contributed by atoms with Crippen LogP contribution >= 0.6 is 11.6 Å². The van der Waals surface area contributed by atoms with E-state index in [9.17, 15) is 9.59 Å². The second kappa shape index (κ2) is 5.18. The molecule has 0 radical (unpaired) electrons. The van der Waals surface area contributed by atoms with Crippen molar-refractivity contribution in [2.75, 3.05) is 7.11 Å². The molecule has 0 heterocycles. The molecule has 1 rings (SSSR count). The number of ether oxygens (including phenoxy) is 1. The number of aldehydes is 1. The van der Waals surface area contributed by atoms with Crippen LogP contribution in [0.4, 0.5) is 0 Å². The van der Waals surface area contributed by atoms with Crippen molar-refractivity contribution in [2.24, 2.45) is 0 Å². The van der Waals surface area contributed by atoms with Crippen LogP contribution in [0, 0.1) is 11.8 Å². The van der Waals surface area contributed by atoms with Gasteiger partial charge < -0.3 is 4.74 Å². The Kier molecular flexibility index (Phi) is 3.90. The summed E-state index contributed by atoms with van der Waals surface area (Å²) >= 11 is 5.82. The molecule has 0 saturated carbocycles. The van der Waals surface area contributed by atoms with Gasteiger partial charge in [0.1, 0.15) is 6.29 Å². The maximum absolute atomic E-state index is 10.7. The molecular weight excluding hydrogens is 216 g/mol. The van der Waals surface area contributed by atoms with E-state index in [1.165, 1.54) is 13.2 Å². The zero-order valence-electron chi connectivity index (χ0n) is 7.91. The molecule has 3 nitrogen and oxygen atoms in total. The first-order valence-corrected chi connectivity index (χ1v) is 4.40. The fourth-order valence-electron chi connectivity index (χ4n) is 0.875. The van der Waals surface area contributed by atoms with Crippen LogP contribution in [0.1, 0.15) is 15.9 Å². The Hall–Kier alpha value is -1.79. The summed E-state index contributed by atoms with van der Waals surface area (Å²) in [4.78, 5) is 21.1. The minimum atomic E-state index is -0.634. The molecule has 0 unspecified atom stereocenters. The van der Waals surface area contributed by atoms with Crippen LogP contribution < -0.4 is 0 Å². The standard InChI is InChI=1S/C11H7ClO3/c1-15-11(14)5-4-9-3-2-8(7-13)6-10(9)12/h2-3,6-7H,1H3. The molecule has 4 heteroatoms. The van der Waals surface area contributed by atoms with Crippen LogP contribution in [0.5, 0.6) is 0 Å². The number of benzene rings is 1. The van der Waals surface area contributed by atoms with E-state index in [0.717, 1.165) is 0 Å². The quantitative estimate of drug-likeness (QED) is 0.413. The highest BCUT2D eigenvalue weighted by Gasteiger charge is 1.99. The highest BCUT2D eigenvalue weighted by atomic mass is 35.5. The number of esters is 1. The molecule has 0 aliphatic carbocycles. The Morgan fingerprint density at radius 3 is 2.80 bits per heavy atom. The zero-order chi connectivity index (χ0) is 11.3. The van der Waals surface area contributed by atoms with E-state index in [1.807, 2.05) is 0 Å². The molecule has 0 bridgehead atoms. The molecule has 0 atom stereocenters. The minimum absolute atomic E-state index is 0.330. The van der Waals surface area contributed by atoms with Gasteiger partial charge >= 0.3 is 5.97 Å². The average molecular weight is 223 g/mol. The molecule has 1 aromatic carbocycles. The molecule has 0 aromatic heterocycles. The summed E-state index contributed by atoms with van der Waals surface area (Å²) in [6, 6.07) is 4.62. The number of carbonyl (C=O) groups excluding carboxylic acids is 2. The Bertz CT molecular complexity index is 455. The first-order chi connectivity index (χ1) is 7.17. The van der Waals surface area contributed by atoms with Gasteiger partial charge in [-0.3, -0.25) is 4.79 Å². The van der Waals surface area contributed by atoms with Crippen LogP contribution in [-0.4, -0.2) is 19.4 Å². The molecule has 0 amide bonds. The van der Waals surface area contributed by atoms with E-state index < -0.39 is 5.97 Å². The highest BCUT2D eigenvalue weighted by Crippen LogP contribution is 2.15. The number of hydrogen-bond donors (Lipinski definition) is 0. The van der Waals surface area contributed by atoms with Gasteiger partial charge in [-0.1, -0.05) is 23.6 Å². The maximum Gasteiger partial charge on any atom is 0.384 e. The summed E-state index contributed by atoms with van der Waals surface area (Å²) in [5.74, 6) is 4.15. The van der Waals surface area contributed by atoms with Crippen LogP contribution in [-0.2, 0) is 9.53 Å². The topological polar surface area (TPSA) is 43.4 Å². The van der Waals surface area contributed by atoms with Crippen molar-refractivity contribution >= 4 is 23.9 Å². The predicted octanol–water partition coefficient (Wildman–Crippen LogP) is 1.68. The average Bonchev–Trinajstić information content (AvgIpc) is 2.26. The Balaban J connectivity index is 3.00. The Morgan fingerprint density at radius 1 is 1.53 bits per heavy atom. The SMILES string of the molecule is COC(=O)C#Cc1ccc(C=O)cc1Cl. The maximum atomic E-state index is 10.7. The van der Waals surface area contributed by atoms with Gasteiger partial charge in [-0.15, -0.1) is 0 Å². The third kappa shape index (κ3) is 3.12. The van der Waals surface area contributed by atoms with Gasteiger partial charge in [-0.25, -0.2) is 4.79 Å². The lowest BCUT2D eigenvalue weighted by Gasteiger charge is -1.95. The monoisotopic (exact) mass is 222 g/mol. The molecule has 0 N–H and O–H groups in total. The molecule has 0 aliphatic rings. The third-order valence-electron chi connectivity index (χ3n) is 1.61. The van der Waals surface area contributed by atoms with Crippen LogP contribution in [0.15, 0.2) is 18.2 Å². The van der Waals surface area contributed by atoms with E-state index in [4.69, 9.17) is 11.6 Å². The van der Waals surface area contributed by atoms with Crippen molar-refractivity contribution in [3.63, 3.8) is 0 Å². The van der Waals surface area contributed by atoms with E-state index in [2.05, 4.69) is 16.6 Å². The highest BCUT2D eigenvalue weighted by molar-refractivity contribution is 6.32. The normalized spacial score (nSPS) is 8.67. The van der Waals surface area contributed by atoms with Crippen molar-refractivity contribution in [1.29, 1.82) is 0 Å². The van der Waals surface area contributed by atoms with Gasteiger partial charge in [0.05, 0.1) is 12.1 Å². The number of methoxy groups -OCH3 is 1. The second-order valence-corrected chi connectivity index (χ2v) is 3.01. The minimum Gasteiger partial charge on any atom is -0.459 e. The lowest BCUT2D eigenvalue weighted by atomic mass is 10.1. The molecule has 0 saturated heterocycles. The van der Waals surface area contributed by atoms with Gasteiger partial charge in [0.15, 0.2) is 0 Å². The van der Waals surface area contributed by atoms with Gasteiger partial charge in [0, 0.05) is 17.0 Å². The molecule has 15 heavy (non-hydrogen) atoms. The molecular formula is C11H7ClO3. The van der Waals surface area contributed by atoms with Gasteiger partial charge in [-0.2, -0.15) is 0 Å². The Morgan fingerprint density at radius 2 is 2.27 bits per heavy atom. The van der Waals surface area contributed by atoms with E-state index >= 15 is 0 Å². The first kappa shape index (κ1) is 11.3. The van der Waals surface area contributed by atoms with Crippen LogP contribution in [0.3, 0.4) is 0 Å². The van der Waals surface area contributed by atoms with Crippen molar-refractivity contribution in [2.45, 2.75) is 0 Å². The molecule has 0 fully saturated rings. The lowest BCUT2D eigenvalue weighted by Crippen LogP contribution is -1.94. The largest absolute Gasteiger partial charge is 0.459 e. The van der Waals surface area contributed by atoms with Gasteiger partial charge in [-0.05, 0) is 12.1 Å². The van der Waals surface area contributed by atoms with Crippen LogP contribution in [0.25, 0.3) is 0 Å². The van der Waals surface area contributed by atoms with Crippen molar-refractivity contribution in [3.05, 3.63) is 34.3 Å². The summed E-state index contributed by atoms with van der Waals surface area (Å²) in [6.45, 7) is 0. The van der Waals surface area contributed by atoms with Gasteiger partial charge in [0.25, 0.3) is 0 Å². The molecule has 76 valence electrons. The fraction of sp³-hybridized carbons (Fsp3) is 0.0909. The van der Waals surface area contributed by atoms with Crippen molar-refractivity contribution < 1.29 is 14.3 Å². The third-order valence-corrected chi connectivity index (χ3v) is 1.93. The predicted molar refractivity (Wildman–Crippen MR) is 55.7 cm³/mol. The van der Waals surface area contributed by atoms with E-state index in [-0.39, 0.29) is 0 Å². The number of carbonyl (C=O) groups is 2. The van der Waals surface area contributed by atoms with E-state index in [1.54, 1.807) is 12.1 Å². The summed E-state index contributed by atoms with van der Waals surface area (Å²) in [5.41, 5.74) is 0.941. The number of hydrogen-bond acceptors (Lipinski definition) is 3. The fourth-order valence-corrected chi connectivity index (χ4v) is 1.11. The van der Waals surface area contributed by atoms with Crippen molar-refractivity contribution in [3.8, 4) is 11.8 Å². The lowest BCUT2D eigenvalue weighted by molar-refractivity contribution is -0.133. The smallest absolute Gasteiger partial charge is 0.384 e. The van der Waals surface area contributed by atoms with Gasteiger partial charge in [0.2, 0.25) is 0 Å². The van der Waals surface area contributed by atoms with Crippen LogP contribution in [0.2, 0.25) is 5.02 Å². The summed E-state index contributed by atoms with van der Waals surface area (Å²) < 4.78 is 4.34.